The first-order valence-corrected chi connectivity index (χ1v) is 7.82. The molecule has 2 aromatic rings. The summed E-state index contributed by atoms with van der Waals surface area (Å²) in [6, 6.07) is 3.70. The molecule has 0 bridgehead atoms. The molecule has 8 nitrogen and oxygen atoms in total. The van der Waals surface area contributed by atoms with E-state index in [0.717, 1.165) is 13.1 Å². The van der Waals surface area contributed by atoms with E-state index in [-0.39, 0.29) is 6.03 Å². The molecule has 8 heteroatoms. The molecule has 2 aromatic heterocycles. The minimum atomic E-state index is -0.216. The van der Waals surface area contributed by atoms with Crippen molar-refractivity contribution in [2.45, 2.75) is 25.8 Å². The summed E-state index contributed by atoms with van der Waals surface area (Å²) in [6.45, 7) is 5.02. The van der Waals surface area contributed by atoms with Crippen LogP contribution in [0.15, 0.2) is 31.0 Å². The van der Waals surface area contributed by atoms with Crippen molar-refractivity contribution in [3.63, 3.8) is 0 Å². The van der Waals surface area contributed by atoms with E-state index >= 15 is 0 Å². The Balaban J connectivity index is 1.47. The van der Waals surface area contributed by atoms with E-state index in [1.54, 1.807) is 29.3 Å². The number of rotatable bonds is 5. The molecule has 2 N–H and O–H groups in total. The average molecular weight is 315 g/mol. The van der Waals surface area contributed by atoms with Crippen molar-refractivity contribution < 1.29 is 4.79 Å². The molecule has 0 spiro atoms. The molecule has 1 atom stereocenters. The highest BCUT2D eigenvalue weighted by Gasteiger charge is 2.18. The highest BCUT2D eigenvalue weighted by molar-refractivity contribution is 5.89. The van der Waals surface area contributed by atoms with Crippen LogP contribution < -0.4 is 10.6 Å². The lowest BCUT2D eigenvalue weighted by Gasteiger charge is -2.23. The molecule has 2 amide bonds. The van der Waals surface area contributed by atoms with Gasteiger partial charge in [-0.3, -0.25) is 4.90 Å². The van der Waals surface area contributed by atoms with Gasteiger partial charge in [0.15, 0.2) is 5.82 Å². The summed E-state index contributed by atoms with van der Waals surface area (Å²) in [7, 11) is 0. The minimum Gasteiger partial charge on any atom is -0.336 e. The van der Waals surface area contributed by atoms with Gasteiger partial charge in [0.1, 0.15) is 12.7 Å². The number of likely N-dealkylation sites (tertiary alicyclic amines) is 1. The van der Waals surface area contributed by atoms with Gasteiger partial charge < -0.3 is 10.6 Å². The number of aromatic nitrogens is 4. The maximum Gasteiger partial charge on any atom is 0.319 e. The van der Waals surface area contributed by atoms with Gasteiger partial charge in [0.2, 0.25) is 0 Å². The number of pyridine rings is 1. The fourth-order valence-corrected chi connectivity index (χ4v) is 2.65. The van der Waals surface area contributed by atoms with Crippen molar-refractivity contribution in [1.29, 1.82) is 0 Å². The number of urea groups is 1. The Hall–Kier alpha value is -2.48. The Morgan fingerprint density at radius 3 is 2.83 bits per heavy atom. The number of nitrogens with zero attached hydrogens (tertiary/aromatic N) is 5. The summed E-state index contributed by atoms with van der Waals surface area (Å²) in [5.41, 5.74) is 0.639. The van der Waals surface area contributed by atoms with Crippen molar-refractivity contribution in [2.75, 3.05) is 25.0 Å². The zero-order valence-corrected chi connectivity index (χ0v) is 13.1. The van der Waals surface area contributed by atoms with E-state index in [0.29, 0.717) is 24.1 Å². The third-order valence-corrected chi connectivity index (χ3v) is 3.98. The fourth-order valence-electron chi connectivity index (χ4n) is 2.65. The van der Waals surface area contributed by atoms with Gasteiger partial charge >= 0.3 is 6.03 Å². The zero-order valence-electron chi connectivity index (χ0n) is 13.1. The van der Waals surface area contributed by atoms with Gasteiger partial charge in [0.05, 0.1) is 11.9 Å². The predicted octanol–water partition coefficient (Wildman–Crippen LogP) is 1.27. The molecule has 23 heavy (non-hydrogen) atoms. The van der Waals surface area contributed by atoms with Crippen molar-refractivity contribution in [2.24, 2.45) is 0 Å². The number of amides is 2. The lowest BCUT2D eigenvalue weighted by molar-refractivity contribution is 0.234. The van der Waals surface area contributed by atoms with Crippen molar-refractivity contribution in [1.82, 2.24) is 30.0 Å². The first-order valence-electron chi connectivity index (χ1n) is 7.82. The van der Waals surface area contributed by atoms with E-state index in [1.165, 1.54) is 19.2 Å². The Labute approximate surface area is 134 Å². The zero-order chi connectivity index (χ0) is 16.1. The van der Waals surface area contributed by atoms with E-state index in [4.69, 9.17) is 0 Å². The third kappa shape index (κ3) is 4.04. The molecular weight excluding hydrogens is 294 g/mol. The van der Waals surface area contributed by atoms with Crippen LogP contribution in [-0.4, -0.2) is 56.4 Å². The van der Waals surface area contributed by atoms with Gasteiger partial charge in [0.25, 0.3) is 0 Å². The van der Waals surface area contributed by atoms with Gasteiger partial charge in [-0.15, -0.1) is 0 Å². The van der Waals surface area contributed by atoms with Crippen LogP contribution >= 0.6 is 0 Å². The lowest BCUT2D eigenvalue weighted by Crippen LogP contribution is -2.42. The number of nitrogens with one attached hydrogen (secondary N) is 2. The van der Waals surface area contributed by atoms with E-state index in [9.17, 15) is 4.79 Å². The maximum absolute atomic E-state index is 11.9. The number of hydrogen-bond donors (Lipinski definition) is 2. The molecule has 1 aliphatic rings. The van der Waals surface area contributed by atoms with Gasteiger partial charge in [-0.25, -0.2) is 19.4 Å². The van der Waals surface area contributed by atoms with Crippen LogP contribution in [0.5, 0.6) is 0 Å². The summed E-state index contributed by atoms with van der Waals surface area (Å²) in [5.74, 6) is 0.649. The molecule has 122 valence electrons. The molecule has 0 radical (unpaired) electrons. The molecular formula is C15H21N7O. The summed E-state index contributed by atoms with van der Waals surface area (Å²) in [4.78, 5) is 22.5. The molecule has 0 aromatic carbocycles. The molecule has 0 saturated carbocycles. The van der Waals surface area contributed by atoms with Gasteiger partial charge in [-0.2, -0.15) is 5.10 Å². The second kappa shape index (κ2) is 7.19. The summed E-state index contributed by atoms with van der Waals surface area (Å²) >= 11 is 0. The third-order valence-electron chi connectivity index (χ3n) is 3.98. The monoisotopic (exact) mass is 315 g/mol. The SMILES string of the molecule is C[C@H](CNC(=O)Nc1ccc(-n2cncn2)nc1)N1CCCC1. The van der Waals surface area contributed by atoms with Crippen LogP contribution in [0.2, 0.25) is 0 Å². The highest BCUT2D eigenvalue weighted by Crippen LogP contribution is 2.11. The van der Waals surface area contributed by atoms with Crippen LogP contribution in [0.4, 0.5) is 10.5 Å². The summed E-state index contributed by atoms with van der Waals surface area (Å²) in [5, 5.41) is 9.69. The normalized spacial score (nSPS) is 16.2. The van der Waals surface area contributed by atoms with Crippen LogP contribution in [0.3, 0.4) is 0 Å². The minimum absolute atomic E-state index is 0.216. The molecule has 0 aliphatic carbocycles. The standard InChI is InChI=1S/C15H21N7O/c1-12(21-6-2-3-7-21)8-18-15(23)20-13-4-5-14(17-9-13)22-11-16-10-19-22/h4-5,9-12H,2-3,6-8H2,1H3,(H2,18,20,23)/t12-/m1/s1. The van der Waals surface area contributed by atoms with Gasteiger partial charge in [-0.1, -0.05) is 0 Å². The van der Waals surface area contributed by atoms with Crippen molar-refractivity contribution in [3.05, 3.63) is 31.0 Å². The average Bonchev–Trinajstić information content (AvgIpc) is 3.26. The van der Waals surface area contributed by atoms with E-state index < -0.39 is 0 Å². The van der Waals surface area contributed by atoms with Crippen LogP contribution in [-0.2, 0) is 0 Å². The molecule has 1 fully saturated rings. The van der Waals surface area contributed by atoms with Crippen molar-refractivity contribution >= 4 is 11.7 Å². The number of hydrogen-bond acceptors (Lipinski definition) is 5. The fraction of sp³-hybridized carbons (Fsp3) is 0.467. The number of anilines is 1. The molecule has 3 rings (SSSR count). The first-order chi connectivity index (χ1) is 11.2. The van der Waals surface area contributed by atoms with Crippen LogP contribution in [0.25, 0.3) is 5.82 Å². The highest BCUT2D eigenvalue weighted by atomic mass is 16.2. The first kappa shape index (κ1) is 15.4. The maximum atomic E-state index is 11.9. The summed E-state index contributed by atoms with van der Waals surface area (Å²) < 4.78 is 1.56. The molecule has 1 saturated heterocycles. The van der Waals surface area contributed by atoms with Gasteiger partial charge in [-0.05, 0) is 45.0 Å². The Morgan fingerprint density at radius 2 is 2.17 bits per heavy atom. The molecule has 0 unspecified atom stereocenters. The topological polar surface area (TPSA) is 88.0 Å². The smallest absolute Gasteiger partial charge is 0.319 e. The molecule has 1 aliphatic heterocycles. The Morgan fingerprint density at radius 1 is 1.35 bits per heavy atom. The second-order valence-electron chi connectivity index (χ2n) is 5.67. The number of carbonyl (C=O) groups is 1. The summed E-state index contributed by atoms with van der Waals surface area (Å²) in [6.07, 6.45) is 7.12. The Bertz CT molecular complexity index is 620. The largest absolute Gasteiger partial charge is 0.336 e. The van der Waals surface area contributed by atoms with E-state index in [2.05, 4.69) is 37.5 Å². The number of carbonyl (C=O) groups excluding carboxylic acids is 1. The second-order valence-corrected chi connectivity index (χ2v) is 5.67. The van der Waals surface area contributed by atoms with Crippen LogP contribution in [0, 0.1) is 0 Å². The predicted molar refractivity (Wildman–Crippen MR) is 86.4 cm³/mol. The lowest BCUT2D eigenvalue weighted by atomic mass is 10.3. The Kier molecular flexibility index (Phi) is 4.82. The van der Waals surface area contributed by atoms with Crippen LogP contribution in [0.1, 0.15) is 19.8 Å². The van der Waals surface area contributed by atoms with E-state index in [1.807, 2.05) is 0 Å². The van der Waals surface area contributed by atoms with Gasteiger partial charge in [0, 0.05) is 12.6 Å². The molecule has 3 heterocycles. The quantitative estimate of drug-likeness (QED) is 0.867. The van der Waals surface area contributed by atoms with Crippen molar-refractivity contribution in [3.8, 4) is 5.82 Å².